The summed E-state index contributed by atoms with van der Waals surface area (Å²) in [6, 6.07) is 13.4. The van der Waals surface area contributed by atoms with Crippen LogP contribution in [-0.4, -0.2) is 18.9 Å². The van der Waals surface area contributed by atoms with E-state index in [1.807, 2.05) is 12.1 Å². The highest BCUT2D eigenvalue weighted by Gasteiger charge is 2.19. The molecule has 0 radical (unpaired) electrons. The van der Waals surface area contributed by atoms with Gasteiger partial charge in [-0.15, -0.1) is 0 Å². The number of carbonyl (C=O) groups is 2. The first-order valence-corrected chi connectivity index (χ1v) is 7.85. The third kappa shape index (κ3) is 4.73. The minimum Gasteiger partial charge on any atom is -0.495 e. The number of halogens is 1. The summed E-state index contributed by atoms with van der Waals surface area (Å²) < 4.78 is 5.09. The van der Waals surface area contributed by atoms with Gasteiger partial charge in [-0.3, -0.25) is 9.59 Å². The molecule has 0 aromatic heterocycles. The predicted octanol–water partition coefficient (Wildman–Crippen LogP) is 2.62. The molecule has 5 nitrogen and oxygen atoms in total. The summed E-state index contributed by atoms with van der Waals surface area (Å²) in [5.74, 6) is -0.264. The Morgan fingerprint density at radius 3 is 2.50 bits per heavy atom. The molecule has 0 unspecified atom stereocenters. The largest absolute Gasteiger partial charge is 0.495 e. The maximum atomic E-state index is 12.1. The second-order valence-corrected chi connectivity index (χ2v) is 5.69. The summed E-state index contributed by atoms with van der Waals surface area (Å²) in [6.07, 6.45) is 0.717. The SMILES string of the molecule is COc1ccc(CCC(=O)N[C@H](C(N)=O)c2ccccc2)cc1Cl. The van der Waals surface area contributed by atoms with Crippen molar-refractivity contribution in [3.63, 3.8) is 0 Å². The summed E-state index contributed by atoms with van der Waals surface area (Å²) in [5, 5.41) is 3.16. The minimum absolute atomic E-state index is 0.221. The number of methoxy groups -OCH3 is 1. The number of primary amides is 1. The molecule has 126 valence electrons. The van der Waals surface area contributed by atoms with Crippen molar-refractivity contribution in [2.24, 2.45) is 5.73 Å². The molecule has 2 amide bonds. The van der Waals surface area contributed by atoms with Crippen LogP contribution in [0.2, 0.25) is 5.02 Å². The normalized spacial score (nSPS) is 11.6. The van der Waals surface area contributed by atoms with E-state index < -0.39 is 11.9 Å². The molecule has 0 aliphatic rings. The van der Waals surface area contributed by atoms with Gasteiger partial charge in [0.1, 0.15) is 11.8 Å². The second kappa shape index (κ2) is 8.36. The lowest BCUT2D eigenvalue weighted by Crippen LogP contribution is -2.37. The monoisotopic (exact) mass is 346 g/mol. The van der Waals surface area contributed by atoms with Crippen LogP contribution in [-0.2, 0) is 16.0 Å². The molecule has 24 heavy (non-hydrogen) atoms. The molecule has 0 aliphatic heterocycles. The molecule has 0 saturated carbocycles. The fourth-order valence-electron chi connectivity index (χ4n) is 2.32. The number of ether oxygens (including phenoxy) is 1. The predicted molar refractivity (Wildman–Crippen MR) is 92.8 cm³/mol. The number of carbonyl (C=O) groups excluding carboxylic acids is 2. The highest BCUT2D eigenvalue weighted by Crippen LogP contribution is 2.25. The van der Waals surface area contributed by atoms with E-state index in [1.54, 1.807) is 43.5 Å². The van der Waals surface area contributed by atoms with Crippen molar-refractivity contribution in [3.05, 3.63) is 64.7 Å². The highest BCUT2D eigenvalue weighted by molar-refractivity contribution is 6.32. The van der Waals surface area contributed by atoms with Gasteiger partial charge in [-0.05, 0) is 29.7 Å². The lowest BCUT2D eigenvalue weighted by atomic mass is 10.1. The van der Waals surface area contributed by atoms with Crippen molar-refractivity contribution < 1.29 is 14.3 Å². The maximum absolute atomic E-state index is 12.1. The van der Waals surface area contributed by atoms with Gasteiger partial charge in [-0.2, -0.15) is 0 Å². The number of nitrogens with two attached hydrogens (primary N) is 1. The summed E-state index contributed by atoms with van der Waals surface area (Å²) in [6.45, 7) is 0. The Morgan fingerprint density at radius 2 is 1.92 bits per heavy atom. The zero-order valence-electron chi connectivity index (χ0n) is 13.3. The molecule has 0 saturated heterocycles. The molecular weight excluding hydrogens is 328 g/mol. The van der Waals surface area contributed by atoms with E-state index in [4.69, 9.17) is 22.1 Å². The summed E-state index contributed by atoms with van der Waals surface area (Å²) in [4.78, 5) is 23.7. The van der Waals surface area contributed by atoms with Crippen LogP contribution in [0.25, 0.3) is 0 Å². The van der Waals surface area contributed by atoms with Crippen molar-refractivity contribution in [1.29, 1.82) is 0 Å². The third-order valence-corrected chi connectivity index (χ3v) is 3.88. The number of aryl methyl sites for hydroxylation is 1. The number of hydrogen-bond acceptors (Lipinski definition) is 3. The smallest absolute Gasteiger partial charge is 0.244 e. The summed E-state index contributed by atoms with van der Waals surface area (Å²) in [5.41, 5.74) is 6.96. The van der Waals surface area contributed by atoms with Gasteiger partial charge in [0.05, 0.1) is 12.1 Å². The van der Waals surface area contributed by atoms with E-state index in [0.29, 0.717) is 22.8 Å². The van der Waals surface area contributed by atoms with Crippen molar-refractivity contribution in [2.45, 2.75) is 18.9 Å². The molecule has 2 aromatic carbocycles. The van der Waals surface area contributed by atoms with Crippen LogP contribution in [0.1, 0.15) is 23.6 Å². The van der Waals surface area contributed by atoms with Crippen LogP contribution >= 0.6 is 11.6 Å². The Bertz CT molecular complexity index is 719. The van der Waals surface area contributed by atoms with Gasteiger partial charge >= 0.3 is 0 Å². The van der Waals surface area contributed by atoms with E-state index in [-0.39, 0.29) is 12.3 Å². The van der Waals surface area contributed by atoms with Crippen molar-refractivity contribution in [2.75, 3.05) is 7.11 Å². The Kier molecular flexibility index (Phi) is 6.21. The molecule has 2 rings (SSSR count). The van der Waals surface area contributed by atoms with Crippen molar-refractivity contribution in [1.82, 2.24) is 5.32 Å². The van der Waals surface area contributed by atoms with Gasteiger partial charge in [0, 0.05) is 6.42 Å². The quantitative estimate of drug-likeness (QED) is 0.808. The average molecular weight is 347 g/mol. The number of hydrogen-bond donors (Lipinski definition) is 2. The Labute approximate surface area is 145 Å². The molecule has 2 aromatic rings. The van der Waals surface area contributed by atoms with Crippen LogP contribution < -0.4 is 15.8 Å². The topological polar surface area (TPSA) is 81.4 Å². The zero-order chi connectivity index (χ0) is 17.5. The number of nitrogens with one attached hydrogen (secondary N) is 1. The first-order chi connectivity index (χ1) is 11.5. The molecule has 1 atom stereocenters. The minimum atomic E-state index is -0.835. The Morgan fingerprint density at radius 1 is 1.21 bits per heavy atom. The molecule has 0 bridgehead atoms. The van der Waals surface area contributed by atoms with E-state index in [0.717, 1.165) is 5.56 Å². The van der Waals surface area contributed by atoms with Crippen LogP contribution in [0.5, 0.6) is 5.75 Å². The van der Waals surface area contributed by atoms with E-state index in [1.165, 1.54) is 0 Å². The molecule has 0 heterocycles. The Hall–Kier alpha value is -2.53. The standard InChI is InChI=1S/C18H19ClN2O3/c1-24-15-9-7-12(11-14(15)19)8-10-16(22)21-17(18(20)23)13-5-3-2-4-6-13/h2-7,9,11,17H,8,10H2,1H3,(H2,20,23)(H,21,22)/t17-/m0/s1. The molecule has 3 N–H and O–H groups in total. The van der Waals surface area contributed by atoms with E-state index in [9.17, 15) is 9.59 Å². The molecule has 0 spiro atoms. The molecule has 0 fully saturated rings. The molecule has 0 aliphatic carbocycles. The average Bonchev–Trinajstić information content (AvgIpc) is 2.58. The van der Waals surface area contributed by atoms with Gasteiger partial charge in [-0.25, -0.2) is 0 Å². The number of benzene rings is 2. The number of rotatable bonds is 7. The van der Waals surface area contributed by atoms with Crippen LogP contribution in [0, 0.1) is 0 Å². The van der Waals surface area contributed by atoms with Crippen LogP contribution in [0.15, 0.2) is 48.5 Å². The van der Waals surface area contributed by atoms with Gasteiger partial charge < -0.3 is 15.8 Å². The van der Waals surface area contributed by atoms with Gasteiger partial charge in [0.2, 0.25) is 11.8 Å². The summed E-state index contributed by atoms with van der Waals surface area (Å²) >= 11 is 6.06. The first kappa shape index (κ1) is 17.8. The van der Waals surface area contributed by atoms with E-state index in [2.05, 4.69) is 5.32 Å². The van der Waals surface area contributed by atoms with Gasteiger partial charge in [0.25, 0.3) is 0 Å². The fourth-order valence-corrected chi connectivity index (χ4v) is 2.60. The third-order valence-electron chi connectivity index (χ3n) is 3.58. The van der Waals surface area contributed by atoms with Crippen LogP contribution in [0.3, 0.4) is 0 Å². The maximum Gasteiger partial charge on any atom is 0.244 e. The molecule has 6 heteroatoms. The van der Waals surface area contributed by atoms with Crippen molar-refractivity contribution in [3.8, 4) is 5.75 Å². The zero-order valence-corrected chi connectivity index (χ0v) is 14.0. The molecular formula is C18H19ClN2O3. The second-order valence-electron chi connectivity index (χ2n) is 5.28. The summed E-state index contributed by atoms with van der Waals surface area (Å²) in [7, 11) is 1.54. The Balaban J connectivity index is 1.97. The van der Waals surface area contributed by atoms with Gasteiger partial charge in [0.15, 0.2) is 0 Å². The number of amides is 2. The highest BCUT2D eigenvalue weighted by atomic mass is 35.5. The first-order valence-electron chi connectivity index (χ1n) is 7.47. The van der Waals surface area contributed by atoms with Crippen LogP contribution in [0.4, 0.5) is 0 Å². The van der Waals surface area contributed by atoms with E-state index >= 15 is 0 Å². The fraction of sp³-hybridized carbons (Fsp3) is 0.222. The van der Waals surface area contributed by atoms with Crippen molar-refractivity contribution >= 4 is 23.4 Å². The van der Waals surface area contributed by atoms with Gasteiger partial charge in [-0.1, -0.05) is 48.0 Å². The lowest BCUT2D eigenvalue weighted by Gasteiger charge is -2.16. The lowest BCUT2D eigenvalue weighted by molar-refractivity contribution is -0.127.